The van der Waals surface area contributed by atoms with Gasteiger partial charge in [-0.1, -0.05) is 31.2 Å². The number of para-hydroxylation sites is 1. The lowest BCUT2D eigenvalue weighted by atomic mass is 10.1. The lowest BCUT2D eigenvalue weighted by molar-refractivity contribution is -0.127. The van der Waals surface area contributed by atoms with E-state index in [0.29, 0.717) is 24.2 Å². The number of anilines is 1. The fourth-order valence-electron chi connectivity index (χ4n) is 4.44. The molecule has 36 heavy (non-hydrogen) atoms. The van der Waals surface area contributed by atoms with E-state index in [-0.39, 0.29) is 16.2 Å². The normalized spacial score (nSPS) is 15.2. The minimum absolute atomic E-state index is 0.0251. The Balaban J connectivity index is 1.84. The fourth-order valence-corrected chi connectivity index (χ4v) is 4.81. The average Bonchev–Trinajstić information content (AvgIpc) is 3.13. The molecule has 1 aliphatic heterocycles. The van der Waals surface area contributed by atoms with Crippen LogP contribution < -0.4 is 4.90 Å². The summed E-state index contributed by atoms with van der Waals surface area (Å²) in [5.41, 5.74) is 4.77. The molecule has 1 saturated heterocycles. The smallest absolute Gasteiger partial charge is 0.335 e. The Hall–Kier alpha value is -4.04. The van der Waals surface area contributed by atoms with Crippen LogP contribution in [0.3, 0.4) is 0 Å². The van der Waals surface area contributed by atoms with E-state index >= 15 is 0 Å². The van der Waals surface area contributed by atoms with E-state index < -0.39 is 17.8 Å². The molecular weight excluding hydrogens is 474 g/mol. The van der Waals surface area contributed by atoms with Gasteiger partial charge in [-0.2, -0.15) is 0 Å². The molecule has 0 unspecified atom stereocenters. The summed E-state index contributed by atoms with van der Waals surface area (Å²) in [4.78, 5) is 41.4. The standard InChI is InChI=1S/C28H27N3O4S/c1-5-13-29-25(32)23(26(33)31(28(29)36)22-9-7-6-8-10-22)15-21-14-18(3)30(19(21)4)24-16-20(27(34)35)12-11-17(24)2/h6-12,14-16H,5,13H2,1-4H3,(H,34,35)/b23-15+. The van der Waals surface area contributed by atoms with Crippen molar-refractivity contribution in [2.24, 2.45) is 0 Å². The van der Waals surface area contributed by atoms with E-state index in [0.717, 1.165) is 22.6 Å². The number of carbonyl (C=O) groups excluding carboxylic acids is 2. The first-order valence-electron chi connectivity index (χ1n) is 11.7. The van der Waals surface area contributed by atoms with E-state index in [1.807, 2.05) is 56.5 Å². The molecule has 0 aliphatic carbocycles. The monoisotopic (exact) mass is 501 g/mol. The van der Waals surface area contributed by atoms with Gasteiger partial charge in [0, 0.05) is 23.6 Å². The van der Waals surface area contributed by atoms with Crippen molar-refractivity contribution < 1.29 is 19.5 Å². The van der Waals surface area contributed by atoms with Gasteiger partial charge in [0.05, 0.1) is 11.3 Å². The van der Waals surface area contributed by atoms with Crippen LogP contribution >= 0.6 is 12.2 Å². The van der Waals surface area contributed by atoms with E-state index in [2.05, 4.69) is 0 Å². The molecule has 1 aliphatic rings. The Labute approximate surface area is 215 Å². The molecule has 0 radical (unpaired) electrons. The molecule has 1 N–H and O–H groups in total. The highest BCUT2D eigenvalue weighted by Crippen LogP contribution is 2.29. The Morgan fingerprint density at radius 2 is 1.69 bits per heavy atom. The molecule has 2 heterocycles. The van der Waals surface area contributed by atoms with Crippen LogP contribution in [0.25, 0.3) is 11.8 Å². The lowest BCUT2D eigenvalue weighted by Gasteiger charge is -2.36. The van der Waals surface area contributed by atoms with Crippen LogP contribution in [-0.4, -0.2) is 44.0 Å². The Morgan fingerprint density at radius 3 is 2.33 bits per heavy atom. The molecule has 0 atom stereocenters. The van der Waals surface area contributed by atoms with Crippen LogP contribution in [0.1, 0.15) is 46.2 Å². The fraction of sp³-hybridized carbons (Fsp3) is 0.214. The van der Waals surface area contributed by atoms with Crippen LogP contribution in [0.5, 0.6) is 0 Å². The number of rotatable bonds is 6. The molecule has 0 bridgehead atoms. The quantitative estimate of drug-likeness (QED) is 0.290. The van der Waals surface area contributed by atoms with Crippen LogP contribution in [0.2, 0.25) is 0 Å². The van der Waals surface area contributed by atoms with Crippen molar-refractivity contribution >= 4 is 46.9 Å². The molecule has 1 fully saturated rings. The Morgan fingerprint density at radius 1 is 1.00 bits per heavy atom. The molecular formula is C28H27N3O4S. The number of aryl methyl sites for hydroxylation is 2. The van der Waals surface area contributed by atoms with Crippen molar-refractivity contribution in [1.82, 2.24) is 9.47 Å². The van der Waals surface area contributed by atoms with Gasteiger partial charge >= 0.3 is 5.97 Å². The molecule has 2 aromatic carbocycles. The second-order valence-electron chi connectivity index (χ2n) is 8.74. The van der Waals surface area contributed by atoms with Gasteiger partial charge in [-0.25, -0.2) is 4.79 Å². The molecule has 4 rings (SSSR count). The third-order valence-electron chi connectivity index (χ3n) is 6.26. The van der Waals surface area contributed by atoms with E-state index in [4.69, 9.17) is 12.2 Å². The second-order valence-corrected chi connectivity index (χ2v) is 9.11. The topological polar surface area (TPSA) is 82.9 Å². The first kappa shape index (κ1) is 25.1. The maximum absolute atomic E-state index is 13.6. The summed E-state index contributed by atoms with van der Waals surface area (Å²) in [6.45, 7) is 8.04. The first-order chi connectivity index (χ1) is 17.1. The number of amides is 2. The summed E-state index contributed by atoms with van der Waals surface area (Å²) in [6, 6.07) is 15.9. The van der Waals surface area contributed by atoms with Crippen LogP contribution in [0.15, 0.2) is 60.2 Å². The minimum Gasteiger partial charge on any atom is -0.478 e. The van der Waals surface area contributed by atoms with Gasteiger partial charge in [0.25, 0.3) is 11.8 Å². The van der Waals surface area contributed by atoms with Crippen molar-refractivity contribution in [3.05, 3.63) is 88.2 Å². The van der Waals surface area contributed by atoms with Crippen molar-refractivity contribution in [3.8, 4) is 5.69 Å². The van der Waals surface area contributed by atoms with Crippen molar-refractivity contribution in [2.45, 2.75) is 34.1 Å². The van der Waals surface area contributed by atoms with E-state index in [1.165, 1.54) is 9.80 Å². The van der Waals surface area contributed by atoms with Gasteiger partial charge in [0.1, 0.15) is 5.57 Å². The van der Waals surface area contributed by atoms with Crippen LogP contribution in [-0.2, 0) is 9.59 Å². The van der Waals surface area contributed by atoms with Crippen molar-refractivity contribution in [1.29, 1.82) is 0 Å². The summed E-state index contributed by atoms with van der Waals surface area (Å²) < 4.78 is 1.94. The number of carbonyl (C=O) groups is 3. The number of benzene rings is 2. The van der Waals surface area contributed by atoms with Gasteiger partial charge in [-0.15, -0.1) is 0 Å². The predicted octanol–water partition coefficient (Wildman–Crippen LogP) is 5.05. The number of hydrogen-bond acceptors (Lipinski definition) is 4. The highest BCUT2D eigenvalue weighted by atomic mass is 32.1. The predicted molar refractivity (Wildman–Crippen MR) is 143 cm³/mol. The molecule has 1 aromatic heterocycles. The third-order valence-corrected chi connectivity index (χ3v) is 6.66. The largest absolute Gasteiger partial charge is 0.478 e. The van der Waals surface area contributed by atoms with Crippen molar-refractivity contribution in [2.75, 3.05) is 11.4 Å². The second kappa shape index (κ2) is 9.91. The Kier molecular flexibility index (Phi) is 6.90. The number of aromatic nitrogens is 1. The molecule has 2 amide bonds. The maximum atomic E-state index is 13.6. The highest BCUT2D eigenvalue weighted by molar-refractivity contribution is 7.80. The van der Waals surface area contributed by atoms with Gasteiger partial charge in [0.15, 0.2) is 5.11 Å². The SMILES string of the molecule is CCCN1C(=O)/C(=C\c2cc(C)n(-c3cc(C(=O)O)ccc3C)c2C)C(=O)N(c2ccccc2)C1=S. The van der Waals surface area contributed by atoms with Gasteiger partial charge < -0.3 is 9.67 Å². The van der Waals surface area contributed by atoms with Crippen LogP contribution in [0, 0.1) is 20.8 Å². The highest BCUT2D eigenvalue weighted by Gasteiger charge is 2.40. The van der Waals surface area contributed by atoms with Crippen LogP contribution in [0.4, 0.5) is 5.69 Å². The van der Waals surface area contributed by atoms with Gasteiger partial charge in [-0.3, -0.25) is 19.4 Å². The Bertz CT molecular complexity index is 1420. The van der Waals surface area contributed by atoms with E-state index in [1.54, 1.807) is 36.4 Å². The first-order valence-corrected chi connectivity index (χ1v) is 12.1. The maximum Gasteiger partial charge on any atom is 0.335 e. The van der Waals surface area contributed by atoms with Crippen molar-refractivity contribution in [3.63, 3.8) is 0 Å². The molecule has 184 valence electrons. The zero-order valence-corrected chi connectivity index (χ0v) is 21.4. The number of nitrogens with zero attached hydrogens (tertiary/aromatic N) is 3. The minimum atomic E-state index is -1.01. The third kappa shape index (κ3) is 4.35. The van der Waals surface area contributed by atoms with E-state index in [9.17, 15) is 19.5 Å². The zero-order chi connectivity index (χ0) is 26.1. The number of carboxylic acids is 1. The lowest BCUT2D eigenvalue weighted by Crippen LogP contribution is -2.56. The molecule has 0 spiro atoms. The van der Waals surface area contributed by atoms with Gasteiger partial charge in [0.2, 0.25) is 0 Å². The number of thiocarbonyl (C=S) groups is 1. The van der Waals surface area contributed by atoms with Gasteiger partial charge in [-0.05, 0) is 86.9 Å². The number of hydrogen-bond donors (Lipinski definition) is 1. The zero-order valence-electron chi connectivity index (χ0n) is 20.6. The number of carboxylic acid groups (broad SMARTS) is 1. The average molecular weight is 502 g/mol. The molecule has 8 heteroatoms. The molecule has 7 nitrogen and oxygen atoms in total. The molecule has 3 aromatic rings. The molecule has 0 saturated carbocycles. The summed E-state index contributed by atoms with van der Waals surface area (Å²) in [5, 5.41) is 9.63. The summed E-state index contributed by atoms with van der Waals surface area (Å²) in [5.74, 6) is -1.90. The summed E-state index contributed by atoms with van der Waals surface area (Å²) in [7, 11) is 0. The number of aromatic carboxylic acids is 1. The summed E-state index contributed by atoms with van der Waals surface area (Å²) >= 11 is 5.56. The summed E-state index contributed by atoms with van der Waals surface area (Å²) in [6.07, 6.45) is 2.30.